The fraction of sp³-hybridized carbons (Fsp3) is 0.0952. The lowest BCUT2D eigenvalue weighted by atomic mass is 10.0. The van der Waals surface area contributed by atoms with Crippen LogP contribution in [-0.4, -0.2) is 21.1 Å². The lowest BCUT2D eigenvalue weighted by molar-refractivity contribution is 0.0939. The minimum Gasteiger partial charge on any atom is -0.338 e. The Morgan fingerprint density at radius 3 is 2.62 bits per heavy atom. The number of aryl methyl sites for hydroxylation is 1. The van der Waals surface area contributed by atoms with Gasteiger partial charge in [0.2, 0.25) is 0 Å². The van der Waals surface area contributed by atoms with Crippen LogP contribution in [0.4, 0.5) is 0 Å². The van der Waals surface area contributed by atoms with Crippen molar-refractivity contribution in [3.8, 4) is 0 Å². The highest BCUT2D eigenvalue weighted by atomic mass is 16.2. The summed E-state index contributed by atoms with van der Waals surface area (Å²) in [6.07, 6.45) is 1.73. The Bertz CT molecular complexity index is 1000. The molecule has 5 nitrogen and oxygen atoms in total. The molecule has 1 atom stereocenters. The third-order valence-electron chi connectivity index (χ3n) is 4.33. The number of carbonyl (C=O) groups excluding carboxylic acids is 1. The zero-order valence-corrected chi connectivity index (χ0v) is 14.3. The molecule has 0 radical (unpaired) electrons. The molecule has 26 heavy (non-hydrogen) atoms. The molecule has 2 heterocycles. The molecule has 2 aromatic carbocycles. The van der Waals surface area contributed by atoms with E-state index >= 15 is 0 Å². The van der Waals surface area contributed by atoms with Gasteiger partial charge in [0.1, 0.15) is 0 Å². The summed E-state index contributed by atoms with van der Waals surface area (Å²) in [4.78, 5) is 17.4. The highest BCUT2D eigenvalue weighted by Gasteiger charge is 2.21. The van der Waals surface area contributed by atoms with Crippen molar-refractivity contribution in [2.45, 2.75) is 13.0 Å². The van der Waals surface area contributed by atoms with Crippen LogP contribution in [0.2, 0.25) is 0 Å². The lowest BCUT2D eigenvalue weighted by Crippen LogP contribution is -2.30. The van der Waals surface area contributed by atoms with Crippen molar-refractivity contribution in [1.82, 2.24) is 20.5 Å². The van der Waals surface area contributed by atoms with E-state index in [0.29, 0.717) is 5.69 Å². The molecule has 5 heteroatoms. The molecule has 0 saturated carbocycles. The Morgan fingerprint density at radius 1 is 1.04 bits per heavy atom. The van der Waals surface area contributed by atoms with E-state index in [1.54, 1.807) is 6.20 Å². The first kappa shape index (κ1) is 16.0. The molecule has 0 spiro atoms. The normalized spacial score (nSPS) is 12.0. The Hall–Kier alpha value is -3.47. The van der Waals surface area contributed by atoms with Crippen LogP contribution in [0.15, 0.2) is 72.9 Å². The molecule has 0 aliphatic rings. The van der Waals surface area contributed by atoms with E-state index in [-0.39, 0.29) is 11.9 Å². The fourth-order valence-corrected chi connectivity index (χ4v) is 3.02. The Balaban J connectivity index is 1.71. The van der Waals surface area contributed by atoms with Crippen LogP contribution in [0.3, 0.4) is 0 Å². The molecule has 0 aliphatic carbocycles. The summed E-state index contributed by atoms with van der Waals surface area (Å²) >= 11 is 0. The van der Waals surface area contributed by atoms with Crippen LogP contribution < -0.4 is 5.32 Å². The zero-order valence-electron chi connectivity index (χ0n) is 14.3. The second-order valence-electron chi connectivity index (χ2n) is 6.19. The first-order chi connectivity index (χ1) is 12.7. The fourth-order valence-electron chi connectivity index (χ4n) is 3.02. The van der Waals surface area contributed by atoms with Gasteiger partial charge in [-0.1, -0.05) is 48.0 Å². The summed E-state index contributed by atoms with van der Waals surface area (Å²) in [5.41, 5.74) is 4.06. The van der Waals surface area contributed by atoms with Crippen molar-refractivity contribution in [1.29, 1.82) is 0 Å². The van der Waals surface area contributed by atoms with Crippen molar-refractivity contribution < 1.29 is 4.79 Å². The van der Waals surface area contributed by atoms with E-state index in [0.717, 1.165) is 27.7 Å². The number of H-pyrrole nitrogens is 1. The predicted molar refractivity (Wildman–Crippen MR) is 101 cm³/mol. The van der Waals surface area contributed by atoms with Gasteiger partial charge < -0.3 is 5.32 Å². The van der Waals surface area contributed by atoms with Crippen molar-refractivity contribution in [2.24, 2.45) is 0 Å². The number of amides is 1. The number of rotatable bonds is 4. The number of benzene rings is 2. The predicted octanol–water partition coefficient (Wildman–Crippen LogP) is 3.79. The SMILES string of the molecule is Cc1ccc2[nH]nc(C(=O)NC(c3ccccc3)c3ccccn3)c2c1. The molecule has 128 valence electrons. The number of fused-ring (bicyclic) bond motifs is 1. The second-order valence-corrected chi connectivity index (χ2v) is 6.19. The average molecular weight is 342 g/mol. The van der Waals surface area contributed by atoms with E-state index in [1.807, 2.05) is 73.7 Å². The van der Waals surface area contributed by atoms with E-state index < -0.39 is 0 Å². The van der Waals surface area contributed by atoms with Gasteiger partial charge in [0.05, 0.1) is 17.3 Å². The minimum absolute atomic E-state index is 0.235. The van der Waals surface area contributed by atoms with E-state index in [9.17, 15) is 4.79 Å². The van der Waals surface area contributed by atoms with Gasteiger partial charge in [-0.25, -0.2) is 0 Å². The van der Waals surface area contributed by atoms with Crippen molar-refractivity contribution in [3.63, 3.8) is 0 Å². The molecule has 0 fully saturated rings. The van der Waals surface area contributed by atoms with Crippen molar-refractivity contribution in [2.75, 3.05) is 0 Å². The Kier molecular flexibility index (Phi) is 4.19. The van der Waals surface area contributed by atoms with Gasteiger partial charge in [-0.2, -0.15) is 5.10 Å². The lowest BCUT2D eigenvalue weighted by Gasteiger charge is -2.18. The van der Waals surface area contributed by atoms with Gasteiger partial charge in [-0.05, 0) is 36.8 Å². The number of carbonyl (C=O) groups is 1. The highest BCUT2D eigenvalue weighted by Crippen LogP contribution is 2.22. The number of aromatic nitrogens is 3. The minimum atomic E-state index is -0.346. The number of aromatic amines is 1. The summed E-state index contributed by atoms with van der Waals surface area (Å²) in [5, 5.41) is 11.0. The van der Waals surface area contributed by atoms with Crippen LogP contribution >= 0.6 is 0 Å². The maximum absolute atomic E-state index is 13.0. The molecule has 0 aliphatic heterocycles. The van der Waals surface area contributed by atoms with E-state index in [4.69, 9.17) is 0 Å². The molecule has 1 unspecified atom stereocenters. The summed E-state index contributed by atoms with van der Waals surface area (Å²) in [6.45, 7) is 1.99. The molecule has 1 amide bonds. The first-order valence-electron chi connectivity index (χ1n) is 8.44. The summed E-state index contributed by atoms with van der Waals surface area (Å²) in [6, 6.07) is 21.0. The summed E-state index contributed by atoms with van der Waals surface area (Å²) in [7, 11) is 0. The molecule has 2 aromatic heterocycles. The van der Waals surface area contributed by atoms with E-state index in [1.165, 1.54) is 0 Å². The van der Waals surface area contributed by atoms with Crippen LogP contribution in [0.25, 0.3) is 10.9 Å². The maximum atomic E-state index is 13.0. The summed E-state index contributed by atoms with van der Waals surface area (Å²) in [5.74, 6) is -0.235. The van der Waals surface area contributed by atoms with Crippen molar-refractivity contribution >= 4 is 16.8 Å². The zero-order chi connectivity index (χ0) is 17.9. The third-order valence-corrected chi connectivity index (χ3v) is 4.33. The van der Waals surface area contributed by atoms with Crippen LogP contribution in [0.5, 0.6) is 0 Å². The molecular formula is C21H18N4O. The summed E-state index contributed by atoms with van der Waals surface area (Å²) < 4.78 is 0. The van der Waals surface area contributed by atoms with Gasteiger partial charge in [0, 0.05) is 11.6 Å². The topological polar surface area (TPSA) is 70.7 Å². The first-order valence-corrected chi connectivity index (χ1v) is 8.44. The average Bonchev–Trinajstić information content (AvgIpc) is 3.10. The van der Waals surface area contributed by atoms with Crippen LogP contribution in [-0.2, 0) is 0 Å². The molecule has 0 saturated heterocycles. The van der Waals surface area contributed by atoms with Gasteiger partial charge >= 0.3 is 0 Å². The quantitative estimate of drug-likeness (QED) is 0.593. The largest absolute Gasteiger partial charge is 0.338 e. The van der Waals surface area contributed by atoms with Crippen LogP contribution in [0.1, 0.15) is 33.4 Å². The molecule has 0 bridgehead atoms. The third kappa shape index (κ3) is 3.07. The highest BCUT2D eigenvalue weighted by molar-refractivity contribution is 6.05. The molecule has 2 N–H and O–H groups in total. The Labute approximate surface area is 151 Å². The molecule has 4 rings (SSSR count). The maximum Gasteiger partial charge on any atom is 0.273 e. The second kappa shape index (κ2) is 6.80. The number of hydrogen-bond acceptors (Lipinski definition) is 3. The van der Waals surface area contributed by atoms with Gasteiger partial charge in [0.25, 0.3) is 5.91 Å². The van der Waals surface area contributed by atoms with Crippen molar-refractivity contribution in [3.05, 3.63) is 95.4 Å². The standard InChI is InChI=1S/C21H18N4O/c1-14-10-11-17-16(13-14)20(25-24-17)21(26)23-19(15-7-3-2-4-8-15)18-9-5-6-12-22-18/h2-13,19H,1H3,(H,23,26)(H,24,25). The monoisotopic (exact) mass is 342 g/mol. The number of pyridine rings is 1. The van der Waals surface area contributed by atoms with Gasteiger partial charge in [-0.3, -0.25) is 14.9 Å². The van der Waals surface area contributed by atoms with Gasteiger partial charge in [0.15, 0.2) is 5.69 Å². The number of nitrogens with one attached hydrogen (secondary N) is 2. The smallest absolute Gasteiger partial charge is 0.273 e. The van der Waals surface area contributed by atoms with E-state index in [2.05, 4.69) is 20.5 Å². The van der Waals surface area contributed by atoms with Crippen LogP contribution in [0, 0.1) is 6.92 Å². The Morgan fingerprint density at radius 2 is 1.85 bits per heavy atom. The number of nitrogens with zero attached hydrogens (tertiary/aromatic N) is 2. The molecular weight excluding hydrogens is 324 g/mol. The number of hydrogen-bond donors (Lipinski definition) is 2. The van der Waals surface area contributed by atoms with Gasteiger partial charge in [-0.15, -0.1) is 0 Å². The molecule has 4 aromatic rings.